The van der Waals surface area contributed by atoms with E-state index in [-0.39, 0.29) is 11.3 Å². The lowest BCUT2D eigenvalue weighted by atomic mass is 10.0. The van der Waals surface area contributed by atoms with Crippen LogP contribution in [0, 0.1) is 12.3 Å². The van der Waals surface area contributed by atoms with Gasteiger partial charge in [-0.2, -0.15) is 0 Å². The Balaban J connectivity index is 2.78. The molecule has 0 spiro atoms. The normalized spacial score (nSPS) is 12.8. The van der Waals surface area contributed by atoms with Crippen LogP contribution in [0.5, 0.6) is 5.75 Å². The molecule has 1 unspecified atom stereocenters. The fourth-order valence-electron chi connectivity index (χ4n) is 1.53. The smallest absolute Gasteiger partial charge is 0.405 e. The zero-order chi connectivity index (χ0) is 13.6. The van der Waals surface area contributed by atoms with E-state index in [0.29, 0.717) is 19.3 Å². The SMILES string of the molecule is C#CCCCC(O)c1ccccc1OC(F)(F)F. The maximum atomic E-state index is 12.2. The summed E-state index contributed by atoms with van der Waals surface area (Å²) < 4.78 is 40.3. The maximum Gasteiger partial charge on any atom is 0.573 e. The molecule has 0 heterocycles. The molecule has 18 heavy (non-hydrogen) atoms. The summed E-state index contributed by atoms with van der Waals surface area (Å²) in [6, 6.07) is 5.54. The molecule has 1 atom stereocenters. The van der Waals surface area contributed by atoms with Crippen molar-refractivity contribution < 1.29 is 23.0 Å². The van der Waals surface area contributed by atoms with Gasteiger partial charge in [-0.15, -0.1) is 25.5 Å². The van der Waals surface area contributed by atoms with E-state index >= 15 is 0 Å². The topological polar surface area (TPSA) is 29.5 Å². The second kappa shape index (κ2) is 6.31. The molecule has 1 rings (SSSR count). The fourth-order valence-corrected chi connectivity index (χ4v) is 1.53. The largest absolute Gasteiger partial charge is 0.573 e. The Morgan fingerprint density at radius 1 is 1.33 bits per heavy atom. The van der Waals surface area contributed by atoms with Crippen molar-refractivity contribution >= 4 is 0 Å². The van der Waals surface area contributed by atoms with Gasteiger partial charge < -0.3 is 9.84 Å². The van der Waals surface area contributed by atoms with Crippen LogP contribution in [0.3, 0.4) is 0 Å². The van der Waals surface area contributed by atoms with E-state index in [1.807, 2.05) is 0 Å². The molecule has 0 bridgehead atoms. The van der Waals surface area contributed by atoms with E-state index in [4.69, 9.17) is 6.42 Å². The van der Waals surface area contributed by atoms with Gasteiger partial charge in [-0.25, -0.2) is 0 Å². The summed E-state index contributed by atoms with van der Waals surface area (Å²) in [7, 11) is 0. The number of alkyl halides is 3. The molecular formula is C13H13F3O2. The molecule has 0 aromatic heterocycles. The molecule has 0 saturated heterocycles. The number of ether oxygens (including phenoxy) is 1. The van der Waals surface area contributed by atoms with Crippen LogP contribution in [0.2, 0.25) is 0 Å². The Kier molecular flexibility index (Phi) is 5.05. The minimum Gasteiger partial charge on any atom is -0.405 e. The first-order chi connectivity index (χ1) is 8.44. The van der Waals surface area contributed by atoms with Crippen LogP contribution < -0.4 is 4.74 Å². The van der Waals surface area contributed by atoms with Crippen LogP contribution in [-0.4, -0.2) is 11.5 Å². The van der Waals surface area contributed by atoms with Gasteiger partial charge in [-0.05, 0) is 18.9 Å². The number of para-hydroxylation sites is 1. The van der Waals surface area contributed by atoms with Crippen molar-refractivity contribution in [1.29, 1.82) is 0 Å². The van der Waals surface area contributed by atoms with E-state index in [1.54, 1.807) is 6.07 Å². The summed E-state index contributed by atoms with van der Waals surface area (Å²) >= 11 is 0. The second-order valence-corrected chi connectivity index (χ2v) is 3.70. The molecule has 1 aromatic carbocycles. The van der Waals surface area contributed by atoms with Crippen molar-refractivity contribution in [3.05, 3.63) is 29.8 Å². The number of terminal acetylenes is 1. The monoisotopic (exact) mass is 258 g/mol. The third-order valence-corrected chi connectivity index (χ3v) is 2.30. The molecule has 1 N–H and O–H groups in total. The lowest BCUT2D eigenvalue weighted by Crippen LogP contribution is -2.18. The van der Waals surface area contributed by atoms with Crippen LogP contribution in [0.4, 0.5) is 13.2 Å². The molecule has 0 aliphatic carbocycles. The molecule has 2 nitrogen and oxygen atoms in total. The average Bonchev–Trinajstić information content (AvgIpc) is 2.27. The van der Waals surface area contributed by atoms with E-state index < -0.39 is 12.5 Å². The highest BCUT2D eigenvalue weighted by atomic mass is 19.4. The number of aliphatic hydroxyl groups is 1. The Morgan fingerprint density at radius 2 is 2.00 bits per heavy atom. The fraction of sp³-hybridized carbons (Fsp3) is 0.385. The van der Waals surface area contributed by atoms with Gasteiger partial charge in [0.2, 0.25) is 0 Å². The molecule has 0 aliphatic rings. The first-order valence-corrected chi connectivity index (χ1v) is 5.40. The van der Waals surface area contributed by atoms with Crippen LogP contribution >= 0.6 is 0 Å². The van der Waals surface area contributed by atoms with Crippen LogP contribution in [0.25, 0.3) is 0 Å². The van der Waals surface area contributed by atoms with Gasteiger partial charge in [0.15, 0.2) is 0 Å². The summed E-state index contributed by atoms with van der Waals surface area (Å²) in [5.74, 6) is 2.03. The third-order valence-electron chi connectivity index (χ3n) is 2.30. The van der Waals surface area contributed by atoms with Crippen molar-refractivity contribution in [3.63, 3.8) is 0 Å². The highest BCUT2D eigenvalue weighted by Crippen LogP contribution is 2.32. The molecule has 0 amide bonds. The molecule has 0 fully saturated rings. The van der Waals surface area contributed by atoms with Crippen LogP contribution in [0.1, 0.15) is 30.9 Å². The van der Waals surface area contributed by atoms with Gasteiger partial charge >= 0.3 is 6.36 Å². The number of unbranched alkanes of at least 4 members (excludes halogenated alkanes) is 1. The summed E-state index contributed by atoms with van der Waals surface area (Å²) in [4.78, 5) is 0. The zero-order valence-corrected chi connectivity index (χ0v) is 9.57. The second-order valence-electron chi connectivity index (χ2n) is 3.70. The third kappa shape index (κ3) is 4.68. The first-order valence-electron chi connectivity index (χ1n) is 5.40. The van der Waals surface area contributed by atoms with Crippen LogP contribution in [0.15, 0.2) is 24.3 Å². The molecule has 0 aliphatic heterocycles. The zero-order valence-electron chi connectivity index (χ0n) is 9.57. The number of benzene rings is 1. The van der Waals surface area contributed by atoms with Crippen molar-refractivity contribution in [1.82, 2.24) is 0 Å². The van der Waals surface area contributed by atoms with Crippen molar-refractivity contribution in [2.75, 3.05) is 0 Å². The standard InChI is InChI=1S/C13H13F3O2/c1-2-3-4-8-11(17)10-7-5-6-9-12(10)18-13(14,15)16/h1,5-7,9,11,17H,3-4,8H2. The van der Waals surface area contributed by atoms with Gasteiger partial charge in [-0.1, -0.05) is 18.2 Å². The van der Waals surface area contributed by atoms with Gasteiger partial charge in [-0.3, -0.25) is 0 Å². The van der Waals surface area contributed by atoms with E-state index in [9.17, 15) is 18.3 Å². The van der Waals surface area contributed by atoms with Crippen molar-refractivity contribution in [2.45, 2.75) is 31.7 Å². The van der Waals surface area contributed by atoms with Gasteiger partial charge in [0.25, 0.3) is 0 Å². The Labute approximate surface area is 103 Å². The van der Waals surface area contributed by atoms with Crippen molar-refractivity contribution in [2.24, 2.45) is 0 Å². The predicted octanol–water partition coefficient (Wildman–Crippen LogP) is 3.42. The van der Waals surface area contributed by atoms with E-state index in [2.05, 4.69) is 10.7 Å². The number of aliphatic hydroxyl groups excluding tert-OH is 1. The van der Waals surface area contributed by atoms with Gasteiger partial charge in [0.05, 0.1) is 6.10 Å². The quantitative estimate of drug-likeness (QED) is 0.647. The van der Waals surface area contributed by atoms with Gasteiger partial charge in [0.1, 0.15) is 5.75 Å². The van der Waals surface area contributed by atoms with E-state index in [1.165, 1.54) is 18.2 Å². The molecule has 0 saturated carbocycles. The van der Waals surface area contributed by atoms with Gasteiger partial charge in [0, 0.05) is 12.0 Å². The van der Waals surface area contributed by atoms with Crippen molar-refractivity contribution in [3.8, 4) is 18.1 Å². The predicted molar refractivity (Wildman–Crippen MR) is 60.8 cm³/mol. The molecular weight excluding hydrogens is 245 g/mol. The van der Waals surface area contributed by atoms with Crippen LogP contribution in [-0.2, 0) is 0 Å². The highest BCUT2D eigenvalue weighted by Gasteiger charge is 2.32. The molecule has 0 radical (unpaired) electrons. The van der Waals surface area contributed by atoms with E-state index in [0.717, 1.165) is 0 Å². The Morgan fingerprint density at radius 3 is 2.61 bits per heavy atom. The first kappa shape index (κ1) is 14.4. The lowest BCUT2D eigenvalue weighted by Gasteiger charge is -2.16. The molecule has 5 heteroatoms. The maximum absolute atomic E-state index is 12.2. The number of halogens is 3. The lowest BCUT2D eigenvalue weighted by molar-refractivity contribution is -0.275. The molecule has 1 aromatic rings. The molecule has 98 valence electrons. The summed E-state index contributed by atoms with van der Waals surface area (Å²) in [5, 5.41) is 9.81. The minimum absolute atomic E-state index is 0.117. The Hall–Kier alpha value is -1.67. The summed E-state index contributed by atoms with van der Waals surface area (Å²) in [6.45, 7) is 0. The summed E-state index contributed by atoms with van der Waals surface area (Å²) in [5.41, 5.74) is 0.117. The minimum atomic E-state index is -4.77. The Bertz CT molecular complexity index is 421. The number of hydrogen-bond acceptors (Lipinski definition) is 2. The average molecular weight is 258 g/mol. The number of hydrogen-bond donors (Lipinski definition) is 1. The summed E-state index contributed by atoms with van der Waals surface area (Å²) in [6.07, 6.45) is 0.581. The highest BCUT2D eigenvalue weighted by molar-refractivity contribution is 5.35. The number of rotatable bonds is 5.